The highest BCUT2D eigenvalue weighted by molar-refractivity contribution is 7.89. The number of hydrogen-bond donors (Lipinski definition) is 0. The molecule has 0 spiro atoms. The van der Waals surface area contributed by atoms with Crippen LogP contribution in [-0.4, -0.2) is 32.4 Å². The van der Waals surface area contributed by atoms with Crippen LogP contribution < -0.4 is 0 Å². The number of fused-ring (bicyclic) bond motifs is 1. The van der Waals surface area contributed by atoms with Gasteiger partial charge in [-0.15, -0.1) is 0 Å². The van der Waals surface area contributed by atoms with E-state index in [9.17, 15) is 8.42 Å². The lowest BCUT2D eigenvalue weighted by molar-refractivity contribution is 0.0202. The summed E-state index contributed by atoms with van der Waals surface area (Å²) in [4.78, 5) is 0.321. The Morgan fingerprint density at radius 1 is 1.09 bits per heavy atom. The van der Waals surface area contributed by atoms with Crippen molar-refractivity contribution in [3.8, 4) is 0 Å². The van der Waals surface area contributed by atoms with Crippen LogP contribution in [0.1, 0.15) is 16.7 Å². The molecule has 0 saturated heterocycles. The minimum Gasteiger partial charge on any atom is -0.372 e. The normalized spacial score (nSPS) is 18.0. The molecule has 1 aliphatic rings. The van der Waals surface area contributed by atoms with E-state index in [4.69, 9.17) is 4.74 Å². The highest BCUT2D eigenvalue weighted by Gasteiger charge is 2.26. The van der Waals surface area contributed by atoms with Gasteiger partial charge in [-0.1, -0.05) is 42.0 Å². The van der Waals surface area contributed by atoms with Gasteiger partial charge < -0.3 is 4.74 Å². The highest BCUT2D eigenvalue weighted by Crippen LogP contribution is 2.22. The Balaban J connectivity index is 1.72. The largest absolute Gasteiger partial charge is 0.372 e. The molecule has 0 radical (unpaired) electrons. The van der Waals surface area contributed by atoms with Crippen molar-refractivity contribution in [2.24, 2.45) is 0 Å². The van der Waals surface area contributed by atoms with Crippen LogP contribution in [-0.2, 0) is 27.8 Å². The monoisotopic (exact) mass is 331 g/mol. The zero-order chi connectivity index (χ0) is 16.4. The molecule has 0 N–H and O–H groups in total. The van der Waals surface area contributed by atoms with E-state index in [1.54, 1.807) is 19.2 Å². The van der Waals surface area contributed by atoms with Gasteiger partial charge in [0.15, 0.2) is 0 Å². The van der Waals surface area contributed by atoms with Crippen LogP contribution in [0.5, 0.6) is 0 Å². The van der Waals surface area contributed by atoms with Gasteiger partial charge in [-0.3, -0.25) is 0 Å². The first kappa shape index (κ1) is 16.2. The third-order valence-corrected chi connectivity index (χ3v) is 6.07. The van der Waals surface area contributed by atoms with Gasteiger partial charge in [0.25, 0.3) is 0 Å². The zero-order valence-corrected chi connectivity index (χ0v) is 14.2. The second-order valence-corrected chi connectivity index (χ2v) is 8.05. The number of sulfonamides is 1. The molecular formula is C18H21NO3S. The van der Waals surface area contributed by atoms with Crippen LogP contribution >= 0.6 is 0 Å². The molecule has 3 rings (SSSR count). The van der Waals surface area contributed by atoms with Crippen LogP contribution in [0.3, 0.4) is 0 Å². The number of aryl methyl sites for hydroxylation is 1. The molecule has 1 heterocycles. The predicted octanol–water partition coefficient (Wildman–Crippen LogP) is 2.76. The predicted molar refractivity (Wildman–Crippen MR) is 89.7 cm³/mol. The van der Waals surface area contributed by atoms with E-state index in [-0.39, 0.29) is 6.10 Å². The van der Waals surface area contributed by atoms with Gasteiger partial charge in [0.2, 0.25) is 10.0 Å². The first-order chi connectivity index (χ1) is 11.0. The average Bonchev–Trinajstić information content (AvgIpc) is 2.55. The van der Waals surface area contributed by atoms with Crippen molar-refractivity contribution in [1.82, 2.24) is 4.31 Å². The summed E-state index contributed by atoms with van der Waals surface area (Å²) >= 11 is 0. The fraction of sp³-hybridized carbons (Fsp3) is 0.333. The van der Waals surface area contributed by atoms with Crippen LogP contribution in [0.2, 0.25) is 0 Å². The smallest absolute Gasteiger partial charge is 0.242 e. The number of rotatable bonds is 4. The van der Waals surface area contributed by atoms with Gasteiger partial charge in [-0.2, -0.15) is 4.31 Å². The molecule has 122 valence electrons. The number of ether oxygens (including phenoxy) is 1. The Bertz CT molecular complexity index is 784. The van der Waals surface area contributed by atoms with Crippen molar-refractivity contribution in [2.45, 2.75) is 31.0 Å². The fourth-order valence-corrected chi connectivity index (χ4v) is 4.00. The summed E-state index contributed by atoms with van der Waals surface area (Å²) < 4.78 is 32.5. The van der Waals surface area contributed by atoms with E-state index in [1.807, 2.05) is 31.2 Å². The summed E-state index contributed by atoms with van der Waals surface area (Å²) in [5, 5.41) is 0. The fourth-order valence-electron chi connectivity index (χ4n) is 2.80. The second kappa shape index (κ2) is 6.43. The van der Waals surface area contributed by atoms with Gasteiger partial charge in [0.1, 0.15) is 0 Å². The molecule has 4 nitrogen and oxygen atoms in total. The van der Waals surface area contributed by atoms with Gasteiger partial charge in [0, 0.05) is 20.0 Å². The van der Waals surface area contributed by atoms with Gasteiger partial charge in [0.05, 0.1) is 17.6 Å². The Morgan fingerprint density at radius 3 is 2.43 bits per heavy atom. The minimum atomic E-state index is -3.48. The molecule has 0 aromatic heterocycles. The zero-order valence-electron chi connectivity index (χ0n) is 13.4. The molecule has 0 amide bonds. The van der Waals surface area contributed by atoms with Gasteiger partial charge in [-0.05, 0) is 30.2 Å². The summed E-state index contributed by atoms with van der Waals surface area (Å²) in [5.74, 6) is 0. The molecule has 0 aliphatic carbocycles. The molecule has 1 unspecified atom stereocenters. The van der Waals surface area contributed by atoms with E-state index in [0.717, 1.165) is 12.0 Å². The third kappa shape index (κ3) is 3.47. The maximum Gasteiger partial charge on any atom is 0.242 e. The van der Waals surface area contributed by atoms with E-state index in [1.165, 1.54) is 15.4 Å². The van der Waals surface area contributed by atoms with Gasteiger partial charge >= 0.3 is 0 Å². The number of likely N-dealkylation sites (N-methyl/N-ethyl adjacent to an activating group) is 1. The third-order valence-electron chi connectivity index (χ3n) is 4.23. The summed E-state index contributed by atoms with van der Waals surface area (Å²) in [7, 11) is -1.87. The maximum absolute atomic E-state index is 12.6. The van der Waals surface area contributed by atoms with Crippen LogP contribution in [0, 0.1) is 6.92 Å². The van der Waals surface area contributed by atoms with Crippen LogP contribution in [0.4, 0.5) is 0 Å². The van der Waals surface area contributed by atoms with Crippen molar-refractivity contribution in [1.29, 1.82) is 0 Å². The quantitative estimate of drug-likeness (QED) is 0.865. The topological polar surface area (TPSA) is 46.6 Å². The van der Waals surface area contributed by atoms with Gasteiger partial charge in [-0.25, -0.2) is 8.42 Å². The van der Waals surface area contributed by atoms with E-state index in [2.05, 4.69) is 12.1 Å². The average molecular weight is 331 g/mol. The molecule has 0 fully saturated rings. The minimum absolute atomic E-state index is 0.116. The summed E-state index contributed by atoms with van der Waals surface area (Å²) in [6.45, 7) is 2.83. The molecule has 0 bridgehead atoms. The number of nitrogens with zero attached hydrogens (tertiary/aromatic N) is 1. The molecule has 5 heteroatoms. The van der Waals surface area contributed by atoms with Crippen molar-refractivity contribution in [2.75, 3.05) is 13.6 Å². The Morgan fingerprint density at radius 2 is 1.74 bits per heavy atom. The molecule has 1 atom stereocenters. The number of hydrogen-bond acceptors (Lipinski definition) is 3. The van der Waals surface area contributed by atoms with Crippen LogP contribution in [0.15, 0.2) is 53.4 Å². The standard InChI is InChI=1S/C18H21NO3S/c1-14-7-9-18(10-8-14)23(20,21)19(2)12-17-11-15-5-3-4-6-16(15)13-22-17/h3-10,17H,11-13H2,1-2H3. The molecular weight excluding hydrogens is 310 g/mol. The molecule has 23 heavy (non-hydrogen) atoms. The second-order valence-electron chi connectivity index (χ2n) is 6.00. The van der Waals surface area contributed by atoms with Crippen molar-refractivity contribution < 1.29 is 13.2 Å². The van der Waals surface area contributed by atoms with Crippen molar-refractivity contribution in [3.05, 3.63) is 65.2 Å². The van der Waals surface area contributed by atoms with E-state index >= 15 is 0 Å². The number of benzene rings is 2. The first-order valence-corrected chi connectivity index (χ1v) is 9.12. The van der Waals surface area contributed by atoms with Crippen LogP contribution in [0.25, 0.3) is 0 Å². The molecule has 2 aromatic carbocycles. The van der Waals surface area contributed by atoms with E-state index < -0.39 is 10.0 Å². The van der Waals surface area contributed by atoms with E-state index in [0.29, 0.717) is 18.0 Å². The lowest BCUT2D eigenvalue weighted by Crippen LogP contribution is -2.38. The molecule has 2 aromatic rings. The summed E-state index contributed by atoms with van der Waals surface area (Å²) in [6.07, 6.45) is 0.624. The lowest BCUT2D eigenvalue weighted by atomic mass is 9.99. The summed E-state index contributed by atoms with van der Waals surface area (Å²) in [5.41, 5.74) is 3.47. The Hall–Kier alpha value is -1.69. The first-order valence-electron chi connectivity index (χ1n) is 7.68. The Kier molecular flexibility index (Phi) is 4.53. The Labute approximate surface area is 137 Å². The molecule has 0 saturated carbocycles. The van der Waals surface area contributed by atoms with Crippen molar-refractivity contribution in [3.63, 3.8) is 0 Å². The highest BCUT2D eigenvalue weighted by atomic mass is 32.2. The lowest BCUT2D eigenvalue weighted by Gasteiger charge is -2.28. The SMILES string of the molecule is Cc1ccc(S(=O)(=O)N(C)CC2Cc3ccccc3CO2)cc1. The summed E-state index contributed by atoms with van der Waals surface area (Å²) in [6, 6.07) is 15.1. The maximum atomic E-state index is 12.6. The van der Waals surface area contributed by atoms with Crippen molar-refractivity contribution >= 4 is 10.0 Å². The molecule has 1 aliphatic heterocycles.